The van der Waals surface area contributed by atoms with E-state index in [1.54, 1.807) is 0 Å². The van der Waals surface area contributed by atoms with Crippen molar-refractivity contribution >= 4 is 142 Å². The Morgan fingerprint density at radius 2 is 0.605 bits per heavy atom. The zero-order valence-electron chi connectivity index (χ0n) is 41.7. The minimum atomic E-state index is 1.00. The smallest absolute Gasteiger partial charge is 0.0541 e. The van der Waals surface area contributed by atoms with Crippen LogP contribution in [0.2, 0.25) is 0 Å². The van der Waals surface area contributed by atoms with Crippen molar-refractivity contribution in [1.82, 2.24) is 18.3 Å². The topological polar surface area (TPSA) is 19.7 Å². The first-order chi connectivity index (χ1) is 37.7. The molecule has 17 rings (SSSR count). The molecule has 0 radical (unpaired) electrons. The maximum Gasteiger partial charge on any atom is 0.0541 e. The van der Waals surface area contributed by atoms with Crippen molar-refractivity contribution in [2.24, 2.45) is 0 Å². The summed E-state index contributed by atoms with van der Waals surface area (Å²) in [6, 6.07) is 78.6. The molecule has 0 amide bonds. The Morgan fingerprint density at radius 1 is 0.276 bits per heavy atom. The van der Waals surface area contributed by atoms with Gasteiger partial charge in [-0.3, -0.25) is 0 Å². The molecule has 2 aliphatic rings. The first-order valence-electron chi connectivity index (χ1n) is 26.9. The van der Waals surface area contributed by atoms with Crippen LogP contribution < -0.4 is 0 Å². The molecule has 4 nitrogen and oxygen atoms in total. The van der Waals surface area contributed by atoms with Gasteiger partial charge in [-0.15, -0.1) is 0 Å². The van der Waals surface area contributed by atoms with Gasteiger partial charge in [0.05, 0.1) is 44.1 Å². The Hall–Kier alpha value is -9.64. The second-order valence-electron chi connectivity index (χ2n) is 21.1. The summed E-state index contributed by atoms with van der Waals surface area (Å²) in [5.74, 6) is 0. The zero-order valence-corrected chi connectivity index (χ0v) is 41.7. The van der Waals surface area contributed by atoms with E-state index in [-0.39, 0.29) is 0 Å². The van der Waals surface area contributed by atoms with Gasteiger partial charge in [0.2, 0.25) is 0 Å². The maximum absolute atomic E-state index is 2.52. The van der Waals surface area contributed by atoms with E-state index in [9.17, 15) is 0 Å². The predicted molar refractivity (Wildman–Crippen MR) is 325 cm³/mol. The molecule has 4 heterocycles. The summed E-state index contributed by atoms with van der Waals surface area (Å²) < 4.78 is 9.87. The molecule has 0 saturated carbocycles. The molecule has 11 aromatic carbocycles. The van der Waals surface area contributed by atoms with Crippen LogP contribution in [0.1, 0.15) is 25.7 Å². The van der Waals surface area contributed by atoms with Crippen LogP contribution in [0.4, 0.5) is 0 Å². The van der Waals surface area contributed by atoms with Crippen LogP contribution in [0.25, 0.3) is 153 Å². The van der Waals surface area contributed by atoms with E-state index in [1.807, 2.05) is 0 Å². The third-order valence-electron chi connectivity index (χ3n) is 16.9. The van der Waals surface area contributed by atoms with Crippen LogP contribution in [0.3, 0.4) is 0 Å². The largest absolute Gasteiger partial charge is 0.313 e. The highest BCUT2D eigenvalue weighted by Gasteiger charge is 2.20. The molecule has 0 unspecified atom stereocenters. The molecule has 0 aliphatic heterocycles. The van der Waals surface area contributed by atoms with Gasteiger partial charge in [0.1, 0.15) is 0 Å². The molecule has 15 aromatic rings. The number of para-hydroxylation sites is 2. The van der Waals surface area contributed by atoms with Crippen LogP contribution in [0.15, 0.2) is 243 Å². The lowest BCUT2D eigenvalue weighted by Crippen LogP contribution is -1.98. The Kier molecular flexibility index (Phi) is 8.76. The molecule has 76 heavy (non-hydrogen) atoms. The van der Waals surface area contributed by atoms with Gasteiger partial charge >= 0.3 is 0 Å². The number of hydrogen-bond acceptors (Lipinski definition) is 0. The summed E-state index contributed by atoms with van der Waals surface area (Å²) in [6.45, 7) is 0. The molecular formula is C72H48N4. The fourth-order valence-electron chi connectivity index (χ4n) is 13.4. The lowest BCUT2D eigenvalue weighted by Gasteiger charge is -2.14. The normalized spacial score (nSPS) is 14.2. The quantitative estimate of drug-likeness (QED) is 0.167. The van der Waals surface area contributed by atoms with Gasteiger partial charge < -0.3 is 18.3 Å². The van der Waals surface area contributed by atoms with Crippen LogP contribution in [-0.2, 0) is 0 Å². The first kappa shape index (κ1) is 41.8. The van der Waals surface area contributed by atoms with Gasteiger partial charge in [-0.05, 0) is 202 Å². The highest BCUT2D eigenvalue weighted by molar-refractivity contribution is 6.20. The van der Waals surface area contributed by atoms with Crippen molar-refractivity contribution in [2.45, 2.75) is 25.7 Å². The van der Waals surface area contributed by atoms with Crippen LogP contribution in [0.5, 0.6) is 0 Å². The van der Waals surface area contributed by atoms with E-state index in [0.29, 0.717) is 0 Å². The zero-order chi connectivity index (χ0) is 49.6. The second kappa shape index (κ2) is 15.9. The molecule has 0 spiro atoms. The first-order valence-corrected chi connectivity index (χ1v) is 26.9. The number of benzene rings is 10. The Labute approximate surface area is 437 Å². The lowest BCUT2D eigenvalue weighted by molar-refractivity contribution is 0.979. The molecule has 0 N–H and O–H groups in total. The summed E-state index contributed by atoms with van der Waals surface area (Å²) in [7, 11) is 0. The van der Waals surface area contributed by atoms with Crippen molar-refractivity contribution in [1.29, 1.82) is 0 Å². The SMILES string of the molecule is C1=CCCC(n2c3ccc4cc3c3cc(ccc32)c2ccc3c(c2)c2cc(ccc2n3-c2ccccc2)c2ccc3c(c2)c2cc(ccc2n3-c2ccccc2)c2ccc3c(c2)c2cc4ccc2n3C2=CCCC=C2)=C1. The van der Waals surface area contributed by atoms with E-state index in [0.717, 1.165) is 37.1 Å². The highest BCUT2D eigenvalue weighted by Crippen LogP contribution is 2.42. The van der Waals surface area contributed by atoms with Crippen molar-refractivity contribution in [2.75, 3.05) is 0 Å². The Morgan fingerprint density at radius 3 is 0.908 bits per heavy atom. The van der Waals surface area contributed by atoms with Gasteiger partial charge in [0.15, 0.2) is 0 Å². The number of fused-ring (bicyclic) bond motifs is 12. The third kappa shape index (κ3) is 6.07. The average molecular weight is 969 g/mol. The molecule has 2 aliphatic carbocycles. The van der Waals surface area contributed by atoms with Gasteiger partial charge in [-0.1, -0.05) is 109 Å². The van der Waals surface area contributed by atoms with E-state index < -0.39 is 0 Å². The van der Waals surface area contributed by atoms with E-state index in [2.05, 4.69) is 261 Å². The molecule has 0 atom stereocenters. The minimum Gasteiger partial charge on any atom is -0.313 e. The molecule has 0 fully saturated rings. The van der Waals surface area contributed by atoms with Crippen LogP contribution >= 0.6 is 0 Å². The van der Waals surface area contributed by atoms with Gasteiger partial charge in [0, 0.05) is 65.9 Å². The molecular weight excluding hydrogens is 921 g/mol. The Bertz CT molecular complexity index is 5200. The van der Waals surface area contributed by atoms with Crippen molar-refractivity contribution < 1.29 is 0 Å². The number of aromatic nitrogens is 4. The van der Waals surface area contributed by atoms with E-state index in [1.165, 1.54) is 142 Å². The van der Waals surface area contributed by atoms with Gasteiger partial charge in [-0.25, -0.2) is 0 Å². The van der Waals surface area contributed by atoms with Crippen LogP contribution in [-0.4, -0.2) is 18.3 Å². The van der Waals surface area contributed by atoms with E-state index >= 15 is 0 Å². The summed E-state index contributed by atoms with van der Waals surface area (Å²) in [5.41, 5.74) is 14.6. The van der Waals surface area contributed by atoms with Crippen molar-refractivity contribution in [3.8, 4) is 11.4 Å². The summed E-state index contributed by atoms with van der Waals surface area (Å²) >= 11 is 0. The number of allylic oxidation sites excluding steroid dienone is 8. The minimum absolute atomic E-state index is 1.00. The predicted octanol–water partition coefficient (Wildman–Crippen LogP) is 19.7. The maximum atomic E-state index is 2.52. The third-order valence-corrected chi connectivity index (χ3v) is 16.9. The monoisotopic (exact) mass is 968 g/mol. The number of nitrogens with zero attached hydrogens (tertiary/aromatic N) is 4. The molecule has 356 valence electrons. The van der Waals surface area contributed by atoms with Crippen molar-refractivity contribution in [3.05, 3.63) is 243 Å². The fourth-order valence-corrected chi connectivity index (χ4v) is 13.4. The molecule has 4 aromatic heterocycles. The summed E-state index contributed by atoms with van der Waals surface area (Å²) in [4.78, 5) is 0. The van der Waals surface area contributed by atoms with E-state index in [4.69, 9.17) is 0 Å². The number of hydrogen-bond donors (Lipinski definition) is 0. The van der Waals surface area contributed by atoms with Crippen LogP contribution in [0, 0.1) is 0 Å². The fraction of sp³-hybridized carbons (Fsp3) is 0.0556. The molecule has 16 bridgehead atoms. The second-order valence-corrected chi connectivity index (χ2v) is 21.1. The molecule has 4 heteroatoms. The van der Waals surface area contributed by atoms with Gasteiger partial charge in [-0.2, -0.15) is 0 Å². The Balaban J connectivity index is 1.04. The average Bonchev–Trinajstić information content (AvgIpc) is 4.27. The number of rotatable bonds is 4. The standard InChI is InChI=1S/C72H48N4/c1-5-13-53(14-6-1)73-65-29-21-45-37-57(65)58-38-46(22-30-66(58)73)48-24-32-68-60(40-48)62-42-50(26-34-70(62)75(68)55-17-9-3-10-18-55)52-28-36-72-64(44-52)63-43-51(27-35-71(63)76(72)56-19-11-4-12-20-56)49-25-33-69-61(41-49)59-39-47(45)23-31-67(59)74(69)54-15-7-2-8-16-54/h1-3,5-9,11,13-17,19-44H,4,10,12,18H2. The van der Waals surface area contributed by atoms with Crippen molar-refractivity contribution in [3.63, 3.8) is 0 Å². The highest BCUT2D eigenvalue weighted by atomic mass is 15.0. The van der Waals surface area contributed by atoms with Gasteiger partial charge in [0.25, 0.3) is 0 Å². The summed E-state index contributed by atoms with van der Waals surface area (Å²) in [6.07, 6.45) is 18.0. The molecule has 0 saturated heterocycles. The lowest BCUT2D eigenvalue weighted by atomic mass is 10.0. The summed E-state index contributed by atoms with van der Waals surface area (Å²) in [5, 5.41) is 19.6.